The average molecular weight is 237 g/mol. The summed E-state index contributed by atoms with van der Waals surface area (Å²) in [6, 6.07) is 0. The molecular formula is C4H9ClO3S3. The van der Waals surface area contributed by atoms with Crippen molar-refractivity contribution in [2.75, 3.05) is 23.1 Å². The molecule has 0 rings (SSSR count). The van der Waals surface area contributed by atoms with Crippen LogP contribution >= 0.6 is 34.2 Å². The lowest BCUT2D eigenvalue weighted by molar-refractivity contribution is 0.503. The van der Waals surface area contributed by atoms with Crippen LogP contribution in [0.3, 0.4) is 0 Å². The van der Waals surface area contributed by atoms with Gasteiger partial charge in [-0.15, -0.1) is 11.6 Å². The normalized spacial score (nSPS) is 11.8. The van der Waals surface area contributed by atoms with Crippen molar-refractivity contribution in [1.29, 1.82) is 0 Å². The molecule has 3 nitrogen and oxygen atoms in total. The highest BCUT2D eigenvalue weighted by atomic mass is 35.5. The van der Waals surface area contributed by atoms with E-state index in [0.29, 0.717) is 28.2 Å². The van der Waals surface area contributed by atoms with Crippen molar-refractivity contribution in [3.05, 3.63) is 0 Å². The van der Waals surface area contributed by atoms with E-state index in [1.54, 1.807) is 11.8 Å². The summed E-state index contributed by atoms with van der Waals surface area (Å²) in [5.74, 6) is 2.48. The number of hydrogen-bond acceptors (Lipinski definition) is 4. The fourth-order valence-corrected chi connectivity index (χ4v) is 3.19. The first-order valence-electron chi connectivity index (χ1n) is 2.82. The molecule has 0 unspecified atom stereocenters. The Balaban J connectivity index is 3.16. The molecule has 0 saturated carbocycles. The van der Waals surface area contributed by atoms with Crippen LogP contribution in [0.5, 0.6) is 0 Å². The first-order valence-corrected chi connectivity index (χ1v) is 7.45. The van der Waals surface area contributed by atoms with E-state index < -0.39 is 9.15 Å². The molecule has 7 heteroatoms. The maximum absolute atomic E-state index is 10.1. The molecule has 0 aliphatic heterocycles. The van der Waals surface area contributed by atoms with Crippen molar-refractivity contribution < 1.29 is 13.0 Å². The van der Waals surface area contributed by atoms with E-state index in [2.05, 4.69) is 0 Å². The van der Waals surface area contributed by atoms with E-state index in [-0.39, 0.29) is 0 Å². The molecule has 68 valence electrons. The van der Waals surface area contributed by atoms with E-state index >= 15 is 0 Å². The van der Waals surface area contributed by atoms with Crippen LogP contribution in [-0.4, -0.2) is 36.1 Å². The van der Waals surface area contributed by atoms with E-state index in [9.17, 15) is 8.42 Å². The lowest BCUT2D eigenvalue weighted by Crippen LogP contribution is -1.94. The van der Waals surface area contributed by atoms with Gasteiger partial charge in [0, 0.05) is 23.1 Å². The molecule has 0 aromatic rings. The lowest BCUT2D eigenvalue weighted by Gasteiger charge is -1.96. The van der Waals surface area contributed by atoms with Gasteiger partial charge in [0.1, 0.15) is 0 Å². The third kappa shape index (κ3) is 10.9. The minimum Gasteiger partial charge on any atom is -0.277 e. The third-order valence-electron chi connectivity index (χ3n) is 0.681. The molecule has 0 aliphatic carbocycles. The zero-order valence-electron chi connectivity index (χ0n) is 5.69. The van der Waals surface area contributed by atoms with Gasteiger partial charge in [-0.25, -0.2) is 0 Å². The summed E-state index contributed by atoms with van der Waals surface area (Å²) in [4.78, 5) is 0. The fraction of sp³-hybridized carbons (Fsp3) is 1.00. The smallest absolute Gasteiger partial charge is 0.277 e. The molecule has 11 heavy (non-hydrogen) atoms. The van der Waals surface area contributed by atoms with Gasteiger partial charge in [-0.2, -0.15) is 20.2 Å². The molecule has 0 bridgehead atoms. The van der Waals surface area contributed by atoms with Gasteiger partial charge >= 0.3 is 9.15 Å². The summed E-state index contributed by atoms with van der Waals surface area (Å²) < 4.78 is 28.6. The maximum atomic E-state index is 10.1. The Kier molecular flexibility index (Phi) is 6.94. The highest BCUT2D eigenvalue weighted by Crippen LogP contribution is 2.12. The van der Waals surface area contributed by atoms with Gasteiger partial charge in [-0.1, -0.05) is 0 Å². The lowest BCUT2D eigenvalue weighted by atomic mass is 10.9. The Bertz CT molecular complexity index is 179. The minimum absolute atomic E-state index is 0.403. The van der Waals surface area contributed by atoms with Crippen LogP contribution in [0.2, 0.25) is 0 Å². The number of hydrogen-bond donors (Lipinski definition) is 1. The van der Waals surface area contributed by atoms with Crippen LogP contribution in [0.15, 0.2) is 0 Å². The molecule has 1 N–H and O–H groups in total. The monoisotopic (exact) mass is 236 g/mol. The van der Waals surface area contributed by atoms with Crippen molar-refractivity contribution in [3.8, 4) is 0 Å². The molecular weight excluding hydrogens is 228 g/mol. The molecule has 0 atom stereocenters. The summed E-state index contributed by atoms with van der Waals surface area (Å²) in [6.07, 6.45) is 0. The first kappa shape index (κ1) is 11.9. The van der Waals surface area contributed by atoms with Gasteiger partial charge in [-0.05, 0) is 10.8 Å². The van der Waals surface area contributed by atoms with Crippen molar-refractivity contribution in [1.82, 2.24) is 0 Å². The number of alkyl halides is 1. The van der Waals surface area contributed by atoms with Crippen molar-refractivity contribution in [2.45, 2.75) is 0 Å². The quantitative estimate of drug-likeness (QED) is 0.328. The molecule has 0 radical (unpaired) electrons. The van der Waals surface area contributed by atoms with E-state index in [1.807, 2.05) is 0 Å². The SMILES string of the molecule is O=S(=O)(O)SCCSCCCl. The average Bonchev–Trinajstić information content (AvgIpc) is 1.85. The van der Waals surface area contributed by atoms with Gasteiger partial charge in [0.2, 0.25) is 0 Å². The van der Waals surface area contributed by atoms with Crippen LogP contribution in [0.25, 0.3) is 0 Å². The Hall–Kier alpha value is 0.900. The zero-order valence-corrected chi connectivity index (χ0v) is 8.90. The summed E-state index contributed by atoms with van der Waals surface area (Å²) in [5, 5.41) is 0. The molecule has 0 heterocycles. The van der Waals surface area contributed by atoms with E-state index in [0.717, 1.165) is 5.75 Å². The van der Waals surface area contributed by atoms with Crippen molar-refractivity contribution in [3.63, 3.8) is 0 Å². The molecule has 0 fully saturated rings. The highest BCUT2D eigenvalue weighted by molar-refractivity contribution is 8.70. The Labute approximate surface area is 79.4 Å². The van der Waals surface area contributed by atoms with Crippen LogP contribution in [0.1, 0.15) is 0 Å². The molecule has 0 spiro atoms. The standard InChI is InChI=1S/C4H9ClO3S3/c5-1-2-9-3-4-10-11(6,7)8/h1-4H2,(H,6,7,8). The Morgan fingerprint density at radius 3 is 2.36 bits per heavy atom. The highest BCUT2D eigenvalue weighted by Gasteiger charge is 2.03. The molecule has 0 aliphatic rings. The van der Waals surface area contributed by atoms with Gasteiger partial charge in [-0.3, -0.25) is 4.55 Å². The van der Waals surface area contributed by atoms with Gasteiger partial charge in [0.25, 0.3) is 0 Å². The Morgan fingerprint density at radius 2 is 1.91 bits per heavy atom. The predicted molar refractivity (Wildman–Crippen MR) is 52.1 cm³/mol. The van der Waals surface area contributed by atoms with Crippen molar-refractivity contribution >= 4 is 43.3 Å². The van der Waals surface area contributed by atoms with Crippen molar-refractivity contribution in [2.24, 2.45) is 0 Å². The van der Waals surface area contributed by atoms with Crippen LogP contribution < -0.4 is 0 Å². The minimum atomic E-state index is -3.84. The van der Waals surface area contributed by atoms with Gasteiger partial charge < -0.3 is 0 Å². The molecule has 0 amide bonds. The number of thioether (sulfide) groups is 1. The number of rotatable bonds is 6. The summed E-state index contributed by atoms with van der Waals surface area (Å²) in [7, 11) is -3.29. The van der Waals surface area contributed by atoms with Crippen LogP contribution in [0, 0.1) is 0 Å². The third-order valence-corrected chi connectivity index (χ3v) is 4.40. The fourth-order valence-electron chi connectivity index (χ4n) is 0.355. The second-order valence-corrected chi connectivity index (χ2v) is 6.62. The van der Waals surface area contributed by atoms with Crippen LogP contribution in [0.4, 0.5) is 0 Å². The molecule has 0 saturated heterocycles. The Morgan fingerprint density at radius 1 is 1.27 bits per heavy atom. The van der Waals surface area contributed by atoms with Gasteiger partial charge in [0.05, 0.1) is 0 Å². The molecule has 0 aromatic heterocycles. The van der Waals surface area contributed by atoms with Crippen LogP contribution in [-0.2, 0) is 9.15 Å². The number of halogens is 1. The first-order chi connectivity index (χ1) is 5.06. The van der Waals surface area contributed by atoms with Gasteiger partial charge in [0.15, 0.2) is 0 Å². The van der Waals surface area contributed by atoms with E-state index in [4.69, 9.17) is 16.2 Å². The summed E-state index contributed by atoms with van der Waals surface area (Å²) in [6.45, 7) is 0. The summed E-state index contributed by atoms with van der Waals surface area (Å²) >= 11 is 6.94. The summed E-state index contributed by atoms with van der Waals surface area (Å²) in [5.41, 5.74) is 0. The predicted octanol–water partition coefficient (Wildman–Crippen LogP) is 1.49. The molecule has 0 aromatic carbocycles. The zero-order chi connectivity index (χ0) is 8.74. The van der Waals surface area contributed by atoms with E-state index in [1.165, 1.54) is 0 Å². The largest absolute Gasteiger partial charge is 0.319 e. The second-order valence-electron chi connectivity index (χ2n) is 1.55. The second kappa shape index (κ2) is 6.42. The maximum Gasteiger partial charge on any atom is 0.319 e. The topological polar surface area (TPSA) is 54.4 Å².